The number of nitrogens with one attached hydrogen (secondary N) is 2. The number of nitrogens with zero attached hydrogens (tertiary/aromatic N) is 3. The monoisotopic (exact) mass is 435 g/mol. The van der Waals surface area contributed by atoms with Gasteiger partial charge in [0.1, 0.15) is 0 Å². The van der Waals surface area contributed by atoms with Crippen LogP contribution in [0.5, 0.6) is 0 Å². The normalized spacial score (nSPS) is 16.8. The molecule has 6 nitrogen and oxygen atoms in total. The van der Waals surface area contributed by atoms with Gasteiger partial charge < -0.3 is 15.4 Å². The highest BCUT2D eigenvalue weighted by molar-refractivity contribution is 7.12. The van der Waals surface area contributed by atoms with Crippen molar-refractivity contribution in [1.82, 2.24) is 20.5 Å². The molecule has 1 saturated heterocycles. The summed E-state index contributed by atoms with van der Waals surface area (Å²) >= 11 is 3.66. The fourth-order valence-corrected chi connectivity index (χ4v) is 5.47. The molecule has 1 atom stereocenters. The second-order valence-corrected chi connectivity index (χ2v) is 9.86. The maximum Gasteiger partial charge on any atom is 0.191 e. The van der Waals surface area contributed by atoms with E-state index in [2.05, 4.69) is 60.3 Å². The Kier molecular flexibility index (Phi) is 8.47. The Morgan fingerprint density at radius 2 is 2.00 bits per heavy atom. The van der Waals surface area contributed by atoms with Gasteiger partial charge in [-0.05, 0) is 39.8 Å². The van der Waals surface area contributed by atoms with E-state index < -0.39 is 0 Å². The van der Waals surface area contributed by atoms with Crippen molar-refractivity contribution >= 4 is 28.6 Å². The Morgan fingerprint density at radius 3 is 2.62 bits per heavy atom. The maximum absolute atomic E-state index is 5.56. The van der Waals surface area contributed by atoms with Crippen molar-refractivity contribution in [1.29, 1.82) is 0 Å². The predicted octanol–water partition coefficient (Wildman–Crippen LogP) is 3.30. The van der Waals surface area contributed by atoms with Gasteiger partial charge in [-0.2, -0.15) is 0 Å². The van der Waals surface area contributed by atoms with Crippen molar-refractivity contribution in [2.75, 3.05) is 45.9 Å². The Balaban J connectivity index is 1.64. The van der Waals surface area contributed by atoms with E-state index in [9.17, 15) is 0 Å². The first-order valence-electron chi connectivity index (χ1n) is 10.4. The zero-order valence-corrected chi connectivity index (χ0v) is 19.6. The molecule has 1 fully saturated rings. The van der Waals surface area contributed by atoms with E-state index in [0.717, 1.165) is 69.0 Å². The van der Waals surface area contributed by atoms with Gasteiger partial charge in [-0.25, -0.2) is 4.98 Å². The summed E-state index contributed by atoms with van der Waals surface area (Å²) in [5.74, 6) is 0.887. The molecule has 2 aromatic heterocycles. The predicted molar refractivity (Wildman–Crippen MR) is 123 cm³/mol. The van der Waals surface area contributed by atoms with E-state index in [-0.39, 0.29) is 0 Å². The van der Waals surface area contributed by atoms with E-state index in [1.807, 2.05) is 11.3 Å². The van der Waals surface area contributed by atoms with Crippen LogP contribution in [0, 0.1) is 20.8 Å². The number of thiazole rings is 1. The quantitative estimate of drug-likeness (QED) is 0.492. The number of morpholine rings is 1. The van der Waals surface area contributed by atoms with Crippen LogP contribution >= 0.6 is 22.7 Å². The second kappa shape index (κ2) is 11.1. The summed E-state index contributed by atoms with van der Waals surface area (Å²) in [5, 5.41) is 8.03. The van der Waals surface area contributed by atoms with Crippen molar-refractivity contribution in [3.05, 3.63) is 37.5 Å². The van der Waals surface area contributed by atoms with Crippen LogP contribution in [0.1, 0.15) is 38.3 Å². The molecule has 0 amide bonds. The zero-order chi connectivity index (χ0) is 20.6. The number of rotatable bonds is 8. The van der Waals surface area contributed by atoms with Crippen molar-refractivity contribution in [2.24, 2.45) is 4.99 Å². The summed E-state index contributed by atoms with van der Waals surface area (Å²) in [6.07, 6.45) is 0.971. The minimum absolute atomic E-state index is 0.305. The lowest BCUT2D eigenvalue weighted by Gasteiger charge is -2.33. The molecule has 1 unspecified atom stereocenters. The van der Waals surface area contributed by atoms with Gasteiger partial charge in [0.15, 0.2) is 5.96 Å². The average Bonchev–Trinajstić information content (AvgIpc) is 3.27. The number of ether oxygens (including phenoxy) is 1. The van der Waals surface area contributed by atoms with E-state index in [0.29, 0.717) is 6.04 Å². The summed E-state index contributed by atoms with van der Waals surface area (Å²) in [6, 6.07) is 4.77. The number of aromatic nitrogens is 1. The molecule has 1 aliphatic heterocycles. The van der Waals surface area contributed by atoms with E-state index in [4.69, 9.17) is 9.73 Å². The lowest BCUT2D eigenvalue weighted by atomic mass is 10.2. The summed E-state index contributed by atoms with van der Waals surface area (Å²) in [5.41, 5.74) is 1.15. The molecule has 0 aliphatic carbocycles. The van der Waals surface area contributed by atoms with Crippen LogP contribution in [-0.4, -0.2) is 61.8 Å². The Bertz CT molecular complexity index is 795. The Labute approximate surface area is 182 Å². The van der Waals surface area contributed by atoms with Crippen LogP contribution in [0.3, 0.4) is 0 Å². The molecule has 160 valence electrons. The van der Waals surface area contributed by atoms with Crippen LogP contribution in [0.15, 0.2) is 17.1 Å². The molecule has 3 heterocycles. The largest absolute Gasteiger partial charge is 0.379 e. The second-order valence-electron chi connectivity index (χ2n) is 7.25. The van der Waals surface area contributed by atoms with E-state index >= 15 is 0 Å². The van der Waals surface area contributed by atoms with Crippen LogP contribution in [0.4, 0.5) is 0 Å². The van der Waals surface area contributed by atoms with Crippen LogP contribution < -0.4 is 10.6 Å². The SMILES string of the molecule is CCNC(=NCC(c1ccc(C)s1)N1CCOCC1)NCCc1sc(C)nc1C. The molecule has 29 heavy (non-hydrogen) atoms. The first-order chi connectivity index (χ1) is 14.1. The molecule has 2 aromatic rings. The first-order valence-corrected chi connectivity index (χ1v) is 12.0. The van der Waals surface area contributed by atoms with Crippen LogP contribution in [-0.2, 0) is 11.2 Å². The van der Waals surface area contributed by atoms with Crippen molar-refractivity contribution in [2.45, 2.75) is 40.2 Å². The van der Waals surface area contributed by atoms with Gasteiger partial charge in [0.25, 0.3) is 0 Å². The highest BCUT2D eigenvalue weighted by Crippen LogP contribution is 2.28. The Hall–Kier alpha value is -1.48. The van der Waals surface area contributed by atoms with E-state index in [1.165, 1.54) is 14.6 Å². The number of thiophene rings is 1. The van der Waals surface area contributed by atoms with Gasteiger partial charge in [-0.15, -0.1) is 22.7 Å². The number of guanidine groups is 1. The number of hydrogen-bond acceptors (Lipinski definition) is 6. The molecular formula is C21H33N5OS2. The van der Waals surface area contributed by atoms with Crippen molar-refractivity contribution < 1.29 is 4.74 Å². The highest BCUT2D eigenvalue weighted by Gasteiger charge is 2.23. The molecule has 3 rings (SSSR count). The maximum atomic E-state index is 5.56. The molecule has 1 aliphatic rings. The smallest absolute Gasteiger partial charge is 0.191 e. The third kappa shape index (κ3) is 6.50. The molecule has 0 radical (unpaired) electrons. The number of aryl methyl sites for hydroxylation is 3. The van der Waals surface area contributed by atoms with Gasteiger partial charge >= 0.3 is 0 Å². The summed E-state index contributed by atoms with van der Waals surface area (Å²) in [6.45, 7) is 14.4. The van der Waals surface area contributed by atoms with Gasteiger partial charge in [0, 0.05) is 47.2 Å². The summed E-state index contributed by atoms with van der Waals surface area (Å²) < 4.78 is 5.56. The lowest BCUT2D eigenvalue weighted by molar-refractivity contribution is 0.0186. The third-order valence-corrected chi connectivity index (χ3v) is 7.22. The highest BCUT2D eigenvalue weighted by atomic mass is 32.1. The fraction of sp³-hybridized carbons (Fsp3) is 0.619. The van der Waals surface area contributed by atoms with E-state index in [1.54, 1.807) is 11.3 Å². The summed E-state index contributed by atoms with van der Waals surface area (Å²) in [4.78, 5) is 16.1. The molecule has 0 bridgehead atoms. The minimum atomic E-state index is 0.305. The topological polar surface area (TPSA) is 61.8 Å². The molecule has 0 aromatic carbocycles. The fourth-order valence-electron chi connectivity index (χ4n) is 3.53. The molecule has 2 N–H and O–H groups in total. The lowest BCUT2D eigenvalue weighted by Crippen LogP contribution is -2.42. The van der Waals surface area contributed by atoms with Gasteiger partial charge in [-0.1, -0.05) is 0 Å². The van der Waals surface area contributed by atoms with Gasteiger partial charge in [0.05, 0.1) is 36.5 Å². The molecule has 8 heteroatoms. The van der Waals surface area contributed by atoms with Crippen molar-refractivity contribution in [3.63, 3.8) is 0 Å². The molecule has 0 saturated carbocycles. The number of hydrogen-bond donors (Lipinski definition) is 2. The standard InChI is InChI=1S/C21H33N5OS2/c1-5-22-21(23-9-8-19-16(3)25-17(4)29-19)24-14-18(20-7-6-15(2)28-20)26-10-12-27-13-11-26/h6-7,18H,5,8-14H2,1-4H3,(H2,22,23,24). The minimum Gasteiger partial charge on any atom is -0.379 e. The summed E-state index contributed by atoms with van der Waals surface area (Å²) in [7, 11) is 0. The van der Waals surface area contributed by atoms with Gasteiger partial charge in [0.2, 0.25) is 0 Å². The molecular weight excluding hydrogens is 402 g/mol. The number of aliphatic imine (C=N–C) groups is 1. The third-order valence-electron chi connectivity index (χ3n) is 4.99. The van der Waals surface area contributed by atoms with Gasteiger partial charge in [-0.3, -0.25) is 9.89 Å². The Morgan fingerprint density at radius 1 is 1.21 bits per heavy atom. The van der Waals surface area contributed by atoms with Crippen LogP contribution in [0.2, 0.25) is 0 Å². The molecule has 0 spiro atoms. The van der Waals surface area contributed by atoms with Crippen LogP contribution in [0.25, 0.3) is 0 Å². The average molecular weight is 436 g/mol. The van der Waals surface area contributed by atoms with Crippen molar-refractivity contribution in [3.8, 4) is 0 Å². The first kappa shape index (κ1) is 22.2. The zero-order valence-electron chi connectivity index (χ0n) is 18.0.